The van der Waals surface area contributed by atoms with Gasteiger partial charge < -0.3 is 9.47 Å². The molecule has 2 aromatic heterocycles. The number of aromatic amines is 1. The van der Waals surface area contributed by atoms with Crippen molar-refractivity contribution in [3.8, 4) is 5.88 Å². The third-order valence-corrected chi connectivity index (χ3v) is 12.9. The van der Waals surface area contributed by atoms with Gasteiger partial charge in [-0.1, -0.05) is 64.1 Å². The Hall–Kier alpha value is -4.18. The number of ether oxygens (including phenoxy) is 2. The van der Waals surface area contributed by atoms with Crippen molar-refractivity contribution in [3.05, 3.63) is 83.5 Å². The number of rotatable bonds is 9. The molecule has 1 amide bonds. The zero-order chi connectivity index (χ0) is 37.0. The van der Waals surface area contributed by atoms with E-state index < -0.39 is 21.7 Å². The van der Waals surface area contributed by atoms with Crippen LogP contribution in [0.15, 0.2) is 60.7 Å². The number of nitrogens with zero attached hydrogens (tertiary/aromatic N) is 4. The highest BCUT2D eigenvalue weighted by Gasteiger charge is 2.71. The first-order valence-corrected chi connectivity index (χ1v) is 20.5. The summed E-state index contributed by atoms with van der Waals surface area (Å²) >= 11 is 0. The minimum absolute atomic E-state index is 0.0933. The number of fused-ring (bicyclic) bond motifs is 1. The van der Waals surface area contributed by atoms with Gasteiger partial charge >= 0.3 is 6.09 Å². The molecule has 6 unspecified atom stereocenters. The van der Waals surface area contributed by atoms with Gasteiger partial charge in [-0.2, -0.15) is 0 Å². The Morgan fingerprint density at radius 3 is 2.23 bits per heavy atom. The van der Waals surface area contributed by atoms with Gasteiger partial charge in [-0.25, -0.2) is 37.2 Å². The molecular weight excluding hydrogens is 677 g/mol. The second kappa shape index (κ2) is 13.7. The minimum atomic E-state index is -3.44. The largest absolute Gasteiger partial charge is 0.424 e. The number of hydrogen-bond acceptors (Lipinski definition) is 6. The van der Waals surface area contributed by atoms with Gasteiger partial charge in [-0.05, 0) is 99.8 Å². The molecule has 2 saturated carbocycles. The Balaban J connectivity index is 1.35. The molecule has 276 valence electrons. The van der Waals surface area contributed by atoms with Crippen molar-refractivity contribution in [2.45, 2.75) is 103 Å². The van der Waals surface area contributed by atoms with Crippen LogP contribution < -0.4 is 14.4 Å². The lowest BCUT2D eigenvalue weighted by molar-refractivity contribution is 0.136. The molecule has 3 fully saturated rings. The number of benzene rings is 2. The lowest BCUT2D eigenvalue weighted by atomic mass is 9.67. The number of nitrogens with one attached hydrogen (secondary N) is 2. The second-order valence-electron chi connectivity index (χ2n) is 15.8. The zero-order valence-electron chi connectivity index (χ0n) is 30.9. The van der Waals surface area contributed by atoms with Crippen molar-refractivity contribution in [3.63, 3.8) is 0 Å². The Labute approximate surface area is 306 Å². The average molecular weight is 727 g/mol. The van der Waals surface area contributed by atoms with Crippen molar-refractivity contribution in [1.29, 1.82) is 0 Å². The van der Waals surface area contributed by atoms with Crippen LogP contribution in [0.2, 0.25) is 0 Å². The van der Waals surface area contributed by atoms with E-state index >= 15 is 0 Å². The highest BCUT2D eigenvalue weighted by atomic mass is 32.2. The number of epoxide rings is 1. The molecule has 52 heavy (non-hydrogen) atoms. The number of carbonyl (C=O) groups excluding carboxylic acids is 1. The maximum Gasteiger partial charge on any atom is 0.424 e. The third-order valence-electron chi connectivity index (χ3n) is 12.2. The summed E-state index contributed by atoms with van der Waals surface area (Å²) in [6, 6.07) is 18.3. The fourth-order valence-corrected chi connectivity index (χ4v) is 10.4. The SMILES string of the molecule is [C-]#[N+]c1c(CC2C(C)CC(C)CC2C)c2nc(C3CC(NS(C)(=O)=O)CCC34OC4(C)CC)[nH]n2c1OC(=O)N(c1ccccc1)c1ccccc1. The van der Waals surface area contributed by atoms with Crippen molar-refractivity contribution in [2.75, 3.05) is 11.2 Å². The summed E-state index contributed by atoms with van der Waals surface area (Å²) in [5.41, 5.74) is 1.93. The fourth-order valence-electron chi connectivity index (χ4n) is 9.56. The molecular formula is C40H50N6O5S. The third kappa shape index (κ3) is 6.52. The Kier molecular flexibility index (Phi) is 9.51. The van der Waals surface area contributed by atoms with E-state index in [2.05, 4.69) is 49.3 Å². The summed E-state index contributed by atoms with van der Waals surface area (Å²) in [4.78, 5) is 25.1. The van der Waals surface area contributed by atoms with E-state index in [4.69, 9.17) is 21.0 Å². The average Bonchev–Trinajstić information content (AvgIpc) is 3.34. The highest BCUT2D eigenvalue weighted by molar-refractivity contribution is 7.88. The number of aromatic nitrogens is 3. The van der Waals surface area contributed by atoms with E-state index in [1.54, 1.807) is 4.52 Å². The highest BCUT2D eigenvalue weighted by Crippen LogP contribution is 2.63. The lowest BCUT2D eigenvalue weighted by Gasteiger charge is -2.38. The number of para-hydroxylation sites is 2. The lowest BCUT2D eigenvalue weighted by Crippen LogP contribution is -2.45. The van der Waals surface area contributed by atoms with Gasteiger partial charge in [-0.15, -0.1) is 0 Å². The first kappa shape index (κ1) is 36.2. The smallest absolute Gasteiger partial charge is 0.401 e. The molecule has 3 aliphatic rings. The van der Waals surface area contributed by atoms with Crippen molar-refractivity contribution < 1.29 is 22.7 Å². The molecule has 0 bridgehead atoms. The molecule has 12 heteroatoms. The fraction of sp³-hybridized carbons (Fsp3) is 0.525. The Morgan fingerprint density at radius 2 is 1.69 bits per heavy atom. The molecule has 6 atom stereocenters. The van der Waals surface area contributed by atoms with Crippen molar-refractivity contribution >= 4 is 38.8 Å². The zero-order valence-corrected chi connectivity index (χ0v) is 31.7. The van der Waals surface area contributed by atoms with Crippen LogP contribution in [0.3, 0.4) is 0 Å². The molecule has 1 saturated heterocycles. The quantitative estimate of drug-likeness (QED) is 0.132. The van der Waals surface area contributed by atoms with Gasteiger partial charge in [-0.3, -0.25) is 5.10 Å². The number of sulfonamides is 1. The van der Waals surface area contributed by atoms with Crippen LogP contribution in [0.5, 0.6) is 5.88 Å². The van der Waals surface area contributed by atoms with E-state index in [0.29, 0.717) is 72.2 Å². The van der Waals surface area contributed by atoms with Gasteiger partial charge in [0.1, 0.15) is 17.1 Å². The molecule has 2 aromatic carbocycles. The van der Waals surface area contributed by atoms with E-state index in [1.165, 1.54) is 11.2 Å². The predicted octanol–water partition coefficient (Wildman–Crippen LogP) is 8.53. The summed E-state index contributed by atoms with van der Waals surface area (Å²) in [7, 11) is -3.44. The van der Waals surface area contributed by atoms with Crippen LogP contribution >= 0.6 is 0 Å². The van der Waals surface area contributed by atoms with Crippen LogP contribution in [0.25, 0.3) is 10.5 Å². The molecule has 11 nitrogen and oxygen atoms in total. The first-order valence-electron chi connectivity index (χ1n) is 18.6. The van der Waals surface area contributed by atoms with Gasteiger partial charge in [0.25, 0.3) is 5.69 Å². The molecule has 0 radical (unpaired) electrons. The Bertz CT molecular complexity index is 2040. The van der Waals surface area contributed by atoms with Crippen LogP contribution in [0.1, 0.15) is 90.4 Å². The molecule has 1 spiro atoms. The van der Waals surface area contributed by atoms with Crippen LogP contribution in [0, 0.1) is 30.2 Å². The second-order valence-corrected chi connectivity index (χ2v) is 17.6. The van der Waals surface area contributed by atoms with Gasteiger partial charge in [0.2, 0.25) is 15.9 Å². The summed E-state index contributed by atoms with van der Waals surface area (Å²) in [5.74, 6) is 2.29. The summed E-state index contributed by atoms with van der Waals surface area (Å²) in [6.07, 6.45) is 5.99. The summed E-state index contributed by atoms with van der Waals surface area (Å²) < 4.78 is 42.1. The van der Waals surface area contributed by atoms with Crippen LogP contribution in [0.4, 0.5) is 21.9 Å². The molecule has 2 aliphatic carbocycles. The van der Waals surface area contributed by atoms with E-state index in [1.807, 2.05) is 60.7 Å². The minimum Gasteiger partial charge on any atom is -0.401 e. The van der Waals surface area contributed by atoms with E-state index in [9.17, 15) is 13.2 Å². The number of amides is 1. The number of H-pyrrole nitrogens is 1. The predicted molar refractivity (Wildman–Crippen MR) is 202 cm³/mol. The van der Waals surface area contributed by atoms with E-state index in [-0.39, 0.29) is 29.1 Å². The number of hydrogen-bond donors (Lipinski definition) is 2. The molecule has 3 heterocycles. The Morgan fingerprint density at radius 1 is 1.08 bits per heavy atom. The molecule has 4 aromatic rings. The molecule has 7 rings (SSSR count). The standard InChI is InChI=1S/C40H50N6O5S/c1-8-39(5)40(51-39)20-19-28(44-52(7,48)49)23-33(40)35-42-36-32(24-31-26(3)21-25(2)22-27(31)4)34(41-6)37(46(36)43-35)50-38(47)45(29-15-11-9-12-16-29)30-17-13-10-14-18-30/h9-18,25-28,31,33,44H,8,19-24H2,1-5,7H3,(H,42,43). The van der Waals surface area contributed by atoms with Crippen molar-refractivity contribution in [1.82, 2.24) is 19.3 Å². The maximum atomic E-state index is 14.4. The normalized spacial score (nSPS) is 30.2. The number of carbonyl (C=O) groups is 1. The maximum absolute atomic E-state index is 14.4. The van der Waals surface area contributed by atoms with Crippen LogP contribution in [-0.2, 0) is 21.2 Å². The van der Waals surface area contributed by atoms with E-state index in [0.717, 1.165) is 24.8 Å². The summed E-state index contributed by atoms with van der Waals surface area (Å²) in [6.45, 7) is 19.5. The summed E-state index contributed by atoms with van der Waals surface area (Å²) in [5, 5.41) is 3.47. The van der Waals surface area contributed by atoms with Crippen molar-refractivity contribution in [2.24, 2.45) is 23.7 Å². The van der Waals surface area contributed by atoms with Gasteiger partial charge in [0.05, 0.1) is 35.7 Å². The first-order chi connectivity index (χ1) is 24.8. The number of anilines is 2. The van der Waals surface area contributed by atoms with Gasteiger partial charge in [0.15, 0.2) is 0 Å². The van der Waals surface area contributed by atoms with Gasteiger partial charge in [0, 0.05) is 11.6 Å². The van der Waals surface area contributed by atoms with Crippen LogP contribution in [-0.4, -0.2) is 52.6 Å². The topological polar surface area (TPSA) is 126 Å². The molecule has 2 N–H and O–H groups in total. The molecule has 1 aliphatic heterocycles. The monoisotopic (exact) mass is 726 g/mol.